The number of hydrogen-bond donors (Lipinski definition) is 3. The number of nitrogens with one attached hydrogen (secondary N) is 3. The minimum atomic E-state index is -0.221. The predicted molar refractivity (Wildman–Crippen MR) is 69.3 cm³/mol. The molecule has 5 nitrogen and oxygen atoms in total. The number of H-pyrrole nitrogens is 1. The highest BCUT2D eigenvalue weighted by molar-refractivity contribution is 7.12. The minimum absolute atomic E-state index is 0.0127. The Balaban J connectivity index is 1.70. The number of carbonyl (C=O) groups is 2. The Kier molecular flexibility index (Phi) is 4.14. The zero-order valence-electron chi connectivity index (χ0n) is 9.60. The SMILES string of the molecule is O=C(CNC(=O)c1cccs1)NCc1cc[nH]c1. The third kappa shape index (κ3) is 3.46. The number of thiophene rings is 1. The standard InChI is InChI=1S/C12H13N3O2S/c16-11(14-7-9-3-4-13-6-9)8-15-12(17)10-2-1-5-18-10/h1-6,13H,7-8H2,(H,14,16)(H,15,17). The molecule has 0 atom stereocenters. The van der Waals surface area contributed by atoms with Crippen LogP contribution in [0.25, 0.3) is 0 Å². The van der Waals surface area contributed by atoms with Crippen molar-refractivity contribution in [2.75, 3.05) is 6.54 Å². The van der Waals surface area contributed by atoms with Crippen LogP contribution < -0.4 is 10.6 Å². The summed E-state index contributed by atoms with van der Waals surface area (Å²) in [5, 5.41) is 7.10. The molecular weight excluding hydrogens is 250 g/mol. The van der Waals surface area contributed by atoms with E-state index in [0.29, 0.717) is 11.4 Å². The van der Waals surface area contributed by atoms with Crippen LogP contribution in [0.1, 0.15) is 15.2 Å². The lowest BCUT2D eigenvalue weighted by Gasteiger charge is -2.05. The van der Waals surface area contributed by atoms with Gasteiger partial charge in [0, 0.05) is 18.9 Å². The number of aromatic amines is 1. The van der Waals surface area contributed by atoms with E-state index in [0.717, 1.165) is 5.56 Å². The summed E-state index contributed by atoms with van der Waals surface area (Å²) >= 11 is 1.35. The van der Waals surface area contributed by atoms with Gasteiger partial charge < -0.3 is 15.6 Å². The number of rotatable bonds is 5. The molecule has 0 radical (unpaired) electrons. The molecular formula is C12H13N3O2S. The van der Waals surface area contributed by atoms with E-state index in [2.05, 4.69) is 15.6 Å². The normalized spacial score (nSPS) is 10.0. The molecule has 2 amide bonds. The molecule has 2 aromatic rings. The lowest BCUT2D eigenvalue weighted by Crippen LogP contribution is -2.36. The first-order valence-electron chi connectivity index (χ1n) is 5.46. The molecule has 0 spiro atoms. The zero-order chi connectivity index (χ0) is 12.8. The van der Waals surface area contributed by atoms with Gasteiger partial charge in [-0.15, -0.1) is 11.3 Å². The molecule has 0 aliphatic carbocycles. The van der Waals surface area contributed by atoms with Gasteiger partial charge in [0.05, 0.1) is 11.4 Å². The van der Waals surface area contributed by atoms with Gasteiger partial charge in [0.2, 0.25) is 5.91 Å². The van der Waals surface area contributed by atoms with Gasteiger partial charge in [0.25, 0.3) is 5.91 Å². The van der Waals surface area contributed by atoms with Crippen LogP contribution in [0.2, 0.25) is 0 Å². The van der Waals surface area contributed by atoms with Gasteiger partial charge in [-0.2, -0.15) is 0 Å². The number of amides is 2. The van der Waals surface area contributed by atoms with E-state index >= 15 is 0 Å². The number of hydrogen-bond acceptors (Lipinski definition) is 3. The Morgan fingerprint density at radius 3 is 2.83 bits per heavy atom. The van der Waals surface area contributed by atoms with Crippen LogP contribution >= 0.6 is 11.3 Å². The van der Waals surface area contributed by atoms with Crippen molar-refractivity contribution < 1.29 is 9.59 Å². The number of aromatic nitrogens is 1. The molecule has 3 N–H and O–H groups in total. The second kappa shape index (κ2) is 6.02. The van der Waals surface area contributed by atoms with Crippen LogP contribution in [0.15, 0.2) is 36.0 Å². The summed E-state index contributed by atoms with van der Waals surface area (Å²) in [6.45, 7) is 0.443. The van der Waals surface area contributed by atoms with Crippen molar-refractivity contribution in [1.82, 2.24) is 15.6 Å². The summed E-state index contributed by atoms with van der Waals surface area (Å²) in [6, 6.07) is 5.40. The molecule has 0 saturated carbocycles. The first-order chi connectivity index (χ1) is 8.75. The maximum absolute atomic E-state index is 11.6. The van der Waals surface area contributed by atoms with E-state index in [4.69, 9.17) is 0 Å². The first kappa shape index (κ1) is 12.4. The Labute approximate surface area is 108 Å². The molecule has 2 aromatic heterocycles. The molecule has 0 bridgehead atoms. The van der Waals surface area contributed by atoms with E-state index in [1.54, 1.807) is 18.3 Å². The van der Waals surface area contributed by atoms with Gasteiger partial charge in [0.1, 0.15) is 0 Å². The molecule has 0 unspecified atom stereocenters. The summed E-state index contributed by atoms with van der Waals surface area (Å²) in [5.41, 5.74) is 0.993. The molecule has 94 valence electrons. The Hall–Kier alpha value is -2.08. The van der Waals surface area contributed by atoms with Gasteiger partial charge >= 0.3 is 0 Å². The first-order valence-corrected chi connectivity index (χ1v) is 6.34. The van der Waals surface area contributed by atoms with Gasteiger partial charge in [-0.1, -0.05) is 6.07 Å². The lowest BCUT2D eigenvalue weighted by molar-refractivity contribution is -0.120. The minimum Gasteiger partial charge on any atom is -0.367 e. The second-order valence-corrected chi connectivity index (χ2v) is 4.60. The summed E-state index contributed by atoms with van der Waals surface area (Å²) in [6.07, 6.45) is 3.60. The molecule has 0 fully saturated rings. The van der Waals surface area contributed by atoms with Gasteiger partial charge in [-0.05, 0) is 23.1 Å². The zero-order valence-corrected chi connectivity index (χ0v) is 10.4. The average Bonchev–Trinajstić information content (AvgIpc) is 3.05. The summed E-state index contributed by atoms with van der Waals surface area (Å²) in [5.74, 6) is -0.428. The molecule has 6 heteroatoms. The number of carbonyl (C=O) groups excluding carboxylic acids is 2. The van der Waals surface area contributed by atoms with Crippen LogP contribution in [0.3, 0.4) is 0 Å². The Morgan fingerprint density at radius 1 is 1.28 bits per heavy atom. The van der Waals surface area contributed by atoms with Crippen molar-refractivity contribution >= 4 is 23.2 Å². The highest BCUT2D eigenvalue weighted by atomic mass is 32.1. The second-order valence-electron chi connectivity index (χ2n) is 3.66. The summed E-state index contributed by atoms with van der Waals surface area (Å²) < 4.78 is 0. The third-order valence-electron chi connectivity index (χ3n) is 2.31. The fourth-order valence-corrected chi connectivity index (χ4v) is 2.03. The molecule has 18 heavy (non-hydrogen) atoms. The van der Waals surface area contributed by atoms with E-state index in [-0.39, 0.29) is 18.4 Å². The van der Waals surface area contributed by atoms with Crippen molar-refractivity contribution in [3.05, 3.63) is 46.4 Å². The fourth-order valence-electron chi connectivity index (χ4n) is 1.39. The lowest BCUT2D eigenvalue weighted by atomic mass is 10.3. The highest BCUT2D eigenvalue weighted by Gasteiger charge is 2.08. The molecule has 0 aliphatic heterocycles. The van der Waals surface area contributed by atoms with E-state index in [1.807, 2.05) is 17.6 Å². The maximum atomic E-state index is 11.6. The topological polar surface area (TPSA) is 74.0 Å². The van der Waals surface area contributed by atoms with Crippen LogP contribution in [-0.2, 0) is 11.3 Å². The van der Waals surface area contributed by atoms with Crippen LogP contribution in [-0.4, -0.2) is 23.3 Å². The molecule has 0 aliphatic rings. The predicted octanol–water partition coefficient (Wildman–Crippen LogP) is 1.12. The van der Waals surface area contributed by atoms with Crippen LogP contribution in [0, 0.1) is 0 Å². The third-order valence-corrected chi connectivity index (χ3v) is 3.18. The van der Waals surface area contributed by atoms with E-state index in [1.165, 1.54) is 11.3 Å². The van der Waals surface area contributed by atoms with Crippen molar-refractivity contribution in [3.63, 3.8) is 0 Å². The Bertz CT molecular complexity index is 505. The maximum Gasteiger partial charge on any atom is 0.261 e. The van der Waals surface area contributed by atoms with Crippen molar-refractivity contribution in [2.24, 2.45) is 0 Å². The van der Waals surface area contributed by atoms with Gasteiger partial charge in [-0.25, -0.2) is 0 Å². The fraction of sp³-hybridized carbons (Fsp3) is 0.167. The van der Waals surface area contributed by atoms with Gasteiger partial charge in [-0.3, -0.25) is 9.59 Å². The Morgan fingerprint density at radius 2 is 2.17 bits per heavy atom. The summed E-state index contributed by atoms with van der Waals surface area (Å²) in [7, 11) is 0. The highest BCUT2D eigenvalue weighted by Crippen LogP contribution is 2.07. The molecule has 2 heterocycles. The van der Waals surface area contributed by atoms with Crippen LogP contribution in [0.4, 0.5) is 0 Å². The van der Waals surface area contributed by atoms with Crippen molar-refractivity contribution in [3.8, 4) is 0 Å². The van der Waals surface area contributed by atoms with Crippen molar-refractivity contribution in [2.45, 2.75) is 6.54 Å². The van der Waals surface area contributed by atoms with Crippen molar-refractivity contribution in [1.29, 1.82) is 0 Å². The van der Waals surface area contributed by atoms with Gasteiger partial charge in [0.15, 0.2) is 0 Å². The molecule has 2 rings (SSSR count). The molecule has 0 aromatic carbocycles. The average molecular weight is 263 g/mol. The van der Waals surface area contributed by atoms with E-state index in [9.17, 15) is 9.59 Å². The van der Waals surface area contributed by atoms with Crippen LogP contribution in [0.5, 0.6) is 0 Å². The molecule has 0 saturated heterocycles. The summed E-state index contributed by atoms with van der Waals surface area (Å²) in [4.78, 5) is 26.5. The smallest absolute Gasteiger partial charge is 0.261 e. The largest absolute Gasteiger partial charge is 0.367 e. The van der Waals surface area contributed by atoms with E-state index < -0.39 is 0 Å². The quantitative estimate of drug-likeness (QED) is 0.756. The monoisotopic (exact) mass is 263 g/mol.